The molecule has 88 valence electrons. The van der Waals surface area contributed by atoms with Crippen LogP contribution in [-0.2, 0) is 4.79 Å². The number of likely N-dealkylation sites (N-methyl/N-ethyl adjacent to an activating group) is 1. The van der Waals surface area contributed by atoms with E-state index in [-0.39, 0.29) is 5.91 Å². The van der Waals surface area contributed by atoms with E-state index >= 15 is 0 Å². The highest BCUT2D eigenvalue weighted by Gasteiger charge is 2.35. The maximum absolute atomic E-state index is 12.1. The van der Waals surface area contributed by atoms with Crippen LogP contribution < -0.4 is 0 Å². The van der Waals surface area contributed by atoms with E-state index < -0.39 is 4.32 Å². The zero-order valence-electron chi connectivity index (χ0n) is 10.2. The average Bonchev–Trinajstić information content (AvgIpc) is 2.10. The quantitative estimate of drug-likeness (QED) is 0.681. The predicted octanol–water partition coefficient (Wildman–Crippen LogP) is 1.71. The molecule has 1 rings (SSSR count). The first kappa shape index (κ1) is 13.0. The molecule has 0 radical (unpaired) electrons. The standard InChI is InChI=1S/C11H21BrN2O/c1-8-6-14(7-9(2)13(8)5)10(15)11(3,4)12/h8-9H,6-7H2,1-5H3. The van der Waals surface area contributed by atoms with Gasteiger partial charge in [0.1, 0.15) is 0 Å². The molecule has 0 spiro atoms. The lowest BCUT2D eigenvalue weighted by atomic mass is 10.1. The Kier molecular flexibility index (Phi) is 3.82. The number of carbonyl (C=O) groups is 1. The summed E-state index contributed by atoms with van der Waals surface area (Å²) in [6, 6.07) is 0.875. The molecule has 0 aromatic heterocycles. The molecule has 0 aromatic carbocycles. The summed E-state index contributed by atoms with van der Waals surface area (Å²) < 4.78 is -0.442. The van der Waals surface area contributed by atoms with E-state index in [1.54, 1.807) is 0 Å². The second kappa shape index (κ2) is 4.42. The number of amides is 1. The largest absolute Gasteiger partial charge is 0.338 e. The number of hydrogen-bond donors (Lipinski definition) is 0. The van der Waals surface area contributed by atoms with Crippen LogP contribution in [0.15, 0.2) is 0 Å². The van der Waals surface area contributed by atoms with Crippen LogP contribution in [0.2, 0.25) is 0 Å². The molecule has 0 bridgehead atoms. The average molecular weight is 277 g/mol. The van der Waals surface area contributed by atoms with Crippen molar-refractivity contribution in [1.29, 1.82) is 0 Å². The first-order chi connectivity index (χ1) is 6.73. The van der Waals surface area contributed by atoms with Gasteiger partial charge < -0.3 is 4.90 Å². The van der Waals surface area contributed by atoms with Crippen LogP contribution in [0.25, 0.3) is 0 Å². The Morgan fingerprint density at radius 2 is 1.67 bits per heavy atom. The zero-order valence-corrected chi connectivity index (χ0v) is 11.8. The summed E-state index contributed by atoms with van der Waals surface area (Å²) in [6.07, 6.45) is 0. The Morgan fingerprint density at radius 1 is 1.27 bits per heavy atom. The van der Waals surface area contributed by atoms with Crippen LogP contribution in [0, 0.1) is 0 Å². The fourth-order valence-electron chi connectivity index (χ4n) is 1.95. The minimum absolute atomic E-state index is 0.189. The molecule has 1 aliphatic rings. The molecule has 1 fully saturated rings. The number of halogens is 1. The van der Waals surface area contributed by atoms with Crippen LogP contribution in [0.1, 0.15) is 27.7 Å². The van der Waals surface area contributed by atoms with Gasteiger partial charge in [-0.3, -0.25) is 9.69 Å². The minimum Gasteiger partial charge on any atom is -0.338 e. The number of carbonyl (C=O) groups excluding carboxylic acids is 1. The lowest BCUT2D eigenvalue weighted by molar-refractivity contribution is -0.136. The van der Waals surface area contributed by atoms with E-state index in [0.29, 0.717) is 12.1 Å². The highest BCUT2D eigenvalue weighted by Crippen LogP contribution is 2.22. The van der Waals surface area contributed by atoms with Crippen LogP contribution in [0.3, 0.4) is 0 Å². The molecule has 1 amide bonds. The third-order valence-corrected chi connectivity index (χ3v) is 3.49. The van der Waals surface area contributed by atoms with Crippen molar-refractivity contribution in [2.45, 2.75) is 44.1 Å². The van der Waals surface area contributed by atoms with E-state index in [1.165, 1.54) is 0 Å². The second-order valence-corrected chi connectivity index (χ2v) is 7.03. The topological polar surface area (TPSA) is 23.6 Å². The van der Waals surface area contributed by atoms with E-state index in [9.17, 15) is 4.79 Å². The van der Waals surface area contributed by atoms with Crippen LogP contribution in [-0.4, -0.2) is 52.3 Å². The van der Waals surface area contributed by atoms with Crippen molar-refractivity contribution in [3.8, 4) is 0 Å². The van der Waals surface area contributed by atoms with Crippen LogP contribution in [0.5, 0.6) is 0 Å². The second-order valence-electron chi connectivity index (χ2n) is 5.05. The monoisotopic (exact) mass is 276 g/mol. The number of rotatable bonds is 1. The normalized spacial score (nSPS) is 29.3. The Balaban J connectivity index is 2.70. The fourth-order valence-corrected chi connectivity index (χ4v) is 2.20. The van der Waals surface area contributed by atoms with Crippen molar-refractivity contribution in [3.63, 3.8) is 0 Å². The van der Waals surface area contributed by atoms with Gasteiger partial charge in [0.2, 0.25) is 5.91 Å². The summed E-state index contributed by atoms with van der Waals surface area (Å²) in [5, 5.41) is 0. The fraction of sp³-hybridized carbons (Fsp3) is 0.909. The van der Waals surface area contributed by atoms with Crippen molar-refractivity contribution in [2.75, 3.05) is 20.1 Å². The molecule has 0 aliphatic carbocycles. The summed E-state index contributed by atoms with van der Waals surface area (Å²) in [4.78, 5) is 16.4. The Bertz CT molecular complexity index is 237. The van der Waals surface area contributed by atoms with Crippen molar-refractivity contribution < 1.29 is 4.79 Å². The number of hydrogen-bond acceptors (Lipinski definition) is 2. The molecule has 15 heavy (non-hydrogen) atoms. The van der Waals surface area contributed by atoms with Gasteiger partial charge in [0.15, 0.2) is 0 Å². The van der Waals surface area contributed by atoms with E-state index in [0.717, 1.165) is 13.1 Å². The molecule has 0 N–H and O–H groups in total. The van der Waals surface area contributed by atoms with Crippen molar-refractivity contribution in [1.82, 2.24) is 9.80 Å². The van der Waals surface area contributed by atoms with Crippen LogP contribution in [0.4, 0.5) is 0 Å². The SMILES string of the molecule is CC1CN(C(=O)C(C)(C)Br)CC(C)N1C. The maximum atomic E-state index is 12.1. The van der Waals surface area contributed by atoms with Gasteiger partial charge in [0.25, 0.3) is 0 Å². The smallest absolute Gasteiger partial charge is 0.239 e. The maximum Gasteiger partial charge on any atom is 0.239 e. The molecule has 1 aliphatic heterocycles. The van der Waals surface area contributed by atoms with Gasteiger partial charge in [-0.05, 0) is 34.7 Å². The lowest BCUT2D eigenvalue weighted by Gasteiger charge is -2.43. The van der Waals surface area contributed by atoms with Gasteiger partial charge in [-0.25, -0.2) is 0 Å². The lowest BCUT2D eigenvalue weighted by Crippen LogP contribution is -2.58. The number of nitrogens with zero attached hydrogens (tertiary/aromatic N) is 2. The predicted molar refractivity (Wildman–Crippen MR) is 66.3 cm³/mol. The van der Waals surface area contributed by atoms with Gasteiger partial charge in [-0.1, -0.05) is 15.9 Å². The van der Waals surface area contributed by atoms with Gasteiger partial charge in [-0.2, -0.15) is 0 Å². The highest BCUT2D eigenvalue weighted by molar-refractivity contribution is 9.10. The summed E-state index contributed by atoms with van der Waals surface area (Å²) >= 11 is 3.43. The molecule has 4 heteroatoms. The molecule has 1 heterocycles. The number of alkyl halides is 1. The Labute approximate surface area is 101 Å². The van der Waals surface area contributed by atoms with Gasteiger partial charge in [0, 0.05) is 25.2 Å². The third kappa shape index (κ3) is 2.94. The summed E-state index contributed by atoms with van der Waals surface area (Å²) in [5.41, 5.74) is 0. The molecular weight excluding hydrogens is 256 g/mol. The molecule has 0 aromatic rings. The van der Waals surface area contributed by atoms with Crippen molar-refractivity contribution >= 4 is 21.8 Å². The first-order valence-electron chi connectivity index (χ1n) is 5.43. The molecule has 2 atom stereocenters. The van der Waals surface area contributed by atoms with Crippen LogP contribution >= 0.6 is 15.9 Å². The minimum atomic E-state index is -0.442. The summed E-state index contributed by atoms with van der Waals surface area (Å²) in [7, 11) is 2.12. The highest BCUT2D eigenvalue weighted by atomic mass is 79.9. The number of piperazine rings is 1. The zero-order chi connectivity index (χ0) is 11.8. The van der Waals surface area contributed by atoms with E-state index in [1.807, 2.05) is 18.7 Å². The first-order valence-corrected chi connectivity index (χ1v) is 6.23. The molecule has 3 nitrogen and oxygen atoms in total. The molecule has 2 unspecified atom stereocenters. The third-order valence-electron chi connectivity index (χ3n) is 3.16. The van der Waals surface area contributed by atoms with E-state index in [4.69, 9.17) is 0 Å². The van der Waals surface area contributed by atoms with Gasteiger partial charge >= 0.3 is 0 Å². The van der Waals surface area contributed by atoms with Gasteiger partial charge in [0.05, 0.1) is 4.32 Å². The van der Waals surface area contributed by atoms with Crippen molar-refractivity contribution in [3.05, 3.63) is 0 Å². The van der Waals surface area contributed by atoms with Gasteiger partial charge in [-0.15, -0.1) is 0 Å². The molecular formula is C11H21BrN2O. The summed E-state index contributed by atoms with van der Waals surface area (Å²) in [5.74, 6) is 0.189. The van der Waals surface area contributed by atoms with E-state index in [2.05, 4.69) is 41.7 Å². The summed E-state index contributed by atoms with van der Waals surface area (Å²) in [6.45, 7) is 9.80. The Morgan fingerprint density at radius 3 is 2.00 bits per heavy atom. The molecule has 0 saturated carbocycles. The van der Waals surface area contributed by atoms with Crippen molar-refractivity contribution in [2.24, 2.45) is 0 Å². The Hall–Kier alpha value is -0.0900. The molecule has 1 saturated heterocycles.